The van der Waals surface area contributed by atoms with Gasteiger partial charge in [-0.15, -0.1) is 0 Å². The lowest BCUT2D eigenvalue weighted by atomic mass is 10.1. The number of unbranched alkanes of at least 4 members (excludes halogenated alkanes) is 9. The Morgan fingerprint density at radius 1 is 0.467 bits per heavy atom. The van der Waals surface area contributed by atoms with Crippen LogP contribution in [0.5, 0.6) is 0 Å². The first-order valence-corrected chi connectivity index (χ1v) is 17.8. The van der Waals surface area contributed by atoms with E-state index in [-0.39, 0.29) is 37.5 Å². The number of rotatable bonds is 30. The molecule has 0 amide bonds. The van der Waals surface area contributed by atoms with E-state index in [1.165, 1.54) is 6.42 Å². The van der Waals surface area contributed by atoms with Crippen molar-refractivity contribution in [3.63, 3.8) is 0 Å². The minimum Gasteiger partial charge on any atom is -0.462 e. The van der Waals surface area contributed by atoms with Crippen molar-refractivity contribution < 1.29 is 28.6 Å². The summed E-state index contributed by atoms with van der Waals surface area (Å²) in [5, 5.41) is 0. The zero-order valence-electron chi connectivity index (χ0n) is 28.9. The van der Waals surface area contributed by atoms with Gasteiger partial charge in [-0.05, 0) is 57.8 Å². The SMILES string of the molecule is CC/C=C\C/C=C\C/C=C\C/C=C\C/C=C\CCCC(=O)OC[C@H](COC(=O)CCCCCCC)OC(=O)CCCCCCC. The monoisotopic (exact) mass is 628 g/mol. The standard InChI is InChI=1S/C39H64O6/c1-4-7-10-13-14-15-16-17-18-19-20-21-22-23-24-27-29-32-38(41)44-35-36(45-39(42)33-30-26-12-9-6-3)34-43-37(40)31-28-25-11-8-5-2/h7,10,14-15,17-18,20-21,23-24,36H,4-6,8-9,11-13,16,19,22,25-35H2,1-3H3/b10-7-,15-14-,18-17-,21-20-,24-23-/t36-/m0/s1. The van der Waals surface area contributed by atoms with E-state index in [1.807, 2.05) is 0 Å². The van der Waals surface area contributed by atoms with Crippen LogP contribution >= 0.6 is 0 Å². The predicted molar refractivity (Wildman–Crippen MR) is 187 cm³/mol. The van der Waals surface area contributed by atoms with Crippen molar-refractivity contribution in [1.82, 2.24) is 0 Å². The molecule has 0 radical (unpaired) electrons. The molecule has 0 unspecified atom stereocenters. The second-order valence-electron chi connectivity index (χ2n) is 11.4. The van der Waals surface area contributed by atoms with E-state index in [1.54, 1.807) is 0 Å². The summed E-state index contributed by atoms with van der Waals surface area (Å²) in [6.45, 7) is 6.25. The van der Waals surface area contributed by atoms with Gasteiger partial charge < -0.3 is 14.2 Å². The first kappa shape index (κ1) is 42.1. The summed E-state index contributed by atoms with van der Waals surface area (Å²) in [5.74, 6) is -0.998. The van der Waals surface area contributed by atoms with Gasteiger partial charge in [-0.25, -0.2) is 0 Å². The molecule has 6 heteroatoms. The largest absolute Gasteiger partial charge is 0.462 e. The molecule has 1 atom stereocenters. The van der Waals surface area contributed by atoms with Crippen molar-refractivity contribution in [3.05, 3.63) is 60.8 Å². The molecule has 6 nitrogen and oxygen atoms in total. The van der Waals surface area contributed by atoms with Crippen molar-refractivity contribution >= 4 is 17.9 Å². The van der Waals surface area contributed by atoms with Gasteiger partial charge in [0.2, 0.25) is 0 Å². The first-order valence-electron chi connectivity index (χ1n) is 17.8. The van der Waals surface area contributed by atoms with Gasteiger partial charge in [0.15, 0.2) is 6.10 Å². The van der Waals surface area contributed by atoms with Crippen molar-refractivity contribution in [2.24, 2.45) is 0 Å². The molecule has 0 aliphatic rings. The first-order chi connectivity index (χ1) is 22.0. The van der Waals surface area contributed by atoms with Crippen LogP contribution in [-0.2, 0) is 28.6 Å². The fourth-order valence-electron chi connectivity index (χ4n) is 4.36. The third-order valence-electron chi connectivity index (χ3n) is 7.04. The summed E-state index contributed by atoms with van der Waals surface area (Å²) >= 11 is 0. The molecule has 0 aliphatic heterocycles. The highest BCUT2D eigenvalue weighted by atomic mass is 16.6. The van der Waals surface area contributed by atoms with Crippen LogP contribution in [-0.4, -0.2) is 37.2 Å². The lowest BCUT2D eigenvalue weighted by molar-refractivity contribution is -0.167. The van der Waals surface area contributed by atoms with E-state index in [4.69, 9.17) is 14.2 Å². The van der Waals surface area contributed by atoms with Crippen LogP contribution in [0.15, 0.2) is 60.8 Å². The molecule has 0 saturated heterocycles. The molecule has 0 N–H and O–H groups in total. The smallest absolute Gasteiger partial charge is 0.306 e. The van der Waals surface area contributed by atoms with Crippen LogP contribution in [0, 0.1) is 0 Å². The second kappa shape index (κ2) is 34.0. The quantitative estimate of drug-likeness (QED) is 0.0341. The fraction of sp³-hybridized carbons (Fsp3) is 0.667. The molecule has 0 fully saturated rings. The average Bonchev–Trinajstić information content (AvgIpc) is 3.03. The van der Waals surface area contributed by atoms with Crippen LogP contribution in [0.2, 0.25) is 0 Å². The van der Waals surface area contributed by atoms with Crippen molar-refractivity contribution in [2.45, 2.75) is 155 Å². The van der Waals surface area contributed by atoms with Crippen molar-refractivity contribution in [3.8, 4) is 0 Å². The van der Waals surface area contributed by atoms with E-state index in [0.717, 1.165) is 96.3 Å². The summed E-state index contributed by atoms with van der Waals surface area (Å²) in [7, 11) is 0. The van der Waals surface area contributed by atoms with Gasteiger partial charge in [-0.2, -0.15) is 0 Å². The third kappa shape index (κ3) is 32.3. The molecule has 256 valence electrons. The normalized spacial score (nSPS) is 12.7. The molecule has 0 heterocycles. The van der Waals surface area contributed by atoms with E-state index < -0.39 is 6.10 Å². The van der Waals surface area contributed by atoms with Gasteiger partial charge in [-0.1, -0.05) is 133 Å². The Morgan fingerprint density at radius 2 is 0.867 bits per heavy atom. The minimum atomic E-state index is -0.785. The predicted octanol–water partition coefficient (Wildman–Crippen LogP) is 10.6. The summed E-state index contributed by atoms with van der Waals surface area (Å²) in [5.41, 5.74) is 0. The van der Waals surface area contributed by atoms with E-state index in [2.05, 4.69) is 81.5 Å². The Labute approximate surface area is 275 Å². The maximum absolute atomic E-state index is 12.4. The van der Waals surface area contributed by atoms with E-state index in [0.29, 0.717) is 19.3 Å². The molecule has 0 bridgehead atoms. The van der Waals surface area contributed by atoms with Crippen LogP contribution in [0.3, 0.4) is 0 Å². The highest BCUT2D eigenvalue weighted by Crippen LogP contribution is 2.10. The number of carbonyl (C=O) groups excluding carboxylic acids is 3. The molecule has 0 aromatic rings. The molecular formula is C39H64O6. The van der Waals surface area contributed by atoms with Gasteiger partial charge in [0.05, 0.1) is 0 Å². The molecule has 0 saturated carbocycles. The zero-order chi connectivity index (χ0) is 33.1. The Kier molecular flexibility index (Phi) is 31.8. The topological polar surface area (TPSA) is 78.9 Å². The number of carbonyl (C=O) groups is 3. The highest BCUT2D eigenvalue weighted by Gasteiger charge is 2.19. The van der Waals surface area contributed by atoms with Gasteiger partial charge >= 0.3 is 17.9 Å². The number of ether oxygens (including phenoxy) is 3. The minimum absolute atomic E-state index is 0.0946. The van der Waals surface area contributed by atoms with E-state index in [9.17, 15) is 14.4 Å². The van der Waals surface area contributed by atoms with Gasteiger partial charge in [0.25, 0.3) is 0 Å². The summed E-state index contributed by atoms with van der Waals surface area (Å²) < 4.78 is 16.3. The molecule has 0 aromatic heterocycles. The van der Waals surface area contributed by atoms with Gasteiger partial charge in [-0.3, -0.25) is 14.4 Å². The molecule has 45 heavy (non-hydrogen) atoms. The molecule has 0 aliphatic carbocycles. The number of hydrogen-bond donors (Lipinski definition) is 0. The van der Waals surface area contributed by atoms with Crippen LogP contribution < -0.4 is 0 Å². The summed E-state index contributed by atoms with van der Waals surface area (Å²) in [6.07, 6.45) is 38.4. The molecule has 0 spiro atoms. The average molecular weight is 629 g/mol. The lowest BCUT2D eigenvalue weighted by Gasteiger charge is -2.18. The lowest BCUT2D eigenvalue weighted by Crippen LogP contribution is -2.30. The summed E-state index contributed by atoms with van der Waals surface area (Å²) in [4.78, 5) is 36.9. The number of hydrogen-bond acceptors (Lipinski definition) is 6. The maximum Gasteiger partial charge on any atom is 0.306 e. The van der Waals surface area contributed by atoms with Crippen LogP contribution in [0.25, 0.3) is 0 Å². The summed E-state index contributed by atoms with van der Waals surface area (Å²) in [6, 6.07) is 0. The van der Waals surface area contributed by atoms with Gasteiger partial charge in [0.1, 0.15) is 13.2 Å². The number of esters is 3. The Morgan fingerprint density at radius 3 is 1.33 bits per heavy atom. The Bertz CT molecular complexity index is 867. The van der Waals surface area contributed by atoms with Gasteiger partial charge in [0, 0.05) is 19.3 Å². The second-order valence-corrected chi connectivity index (χ2v) is 11.4. The number of allylic oxidation sites excluding steroid dienone is 10. The van der Waals surface area contributed by atoms with Crippen LogP contribution in [0.4, 0.5) is 0 Å². The zero-order valence-corrected chi connectivity index (χ0v) is 28.9. The fourth-order valence-corrected chi connectivity index (χ4v) is 4.36. The Balaban J connectivity index is 4.30. The molecule has 0 rings (SSSR count). The maximum atomic E-state index is 12.4. The molecule has 0 aromatic carbocycles. The highest BCUT2D eigenvalue weighted by molar-refractivity contribution is 5.71. The van der Waals surface area contributed by atoms with E-state index >= 15 is 0 Å². The third-order valence-corrected chi connectivity index (χ3v) is 7.04. The Hall–Kier alpha value is -2.89. The molecular weight excluding hydrogens is 564 g/mol. The van der Waals surface area contributed by atoms with Crippen molar-refractivity contribution in [1.29, 1.82) is 0 Å². The van der Waals surface area contributed by atoms with Crippen LogP contribution in [0.1, 0.15) is 149 Å². The van der Waals surface area contributed by atoms with Crippen molar-refractivity contribution in [2.75, 3.05) is 13.2 Å².